The summed E-state index contributed by atoms with van der Waals surface area (Å²) in [5.74, 6) is 2.30. The van der Waals surface area contributed by atoms with Crippen LogP contribution in [0, 0.1) is 12.8 Å². The van der Waals surface area contributed by atoms with Crippen molar-refractivity contribution in [2.75, 3.05) is 19.3 Å². The number of ketones is 1. The van der Waals surface area contributed by atoms with Gasteiger partial charge in [-0.25, -0.2) is 9.97 Å². The monoisotopic (exact) mass is 535 g/mol. The molecule has 2 aliphatic rings. The molecule has 2 atom stereocenters. The molecule has 2 N–H and O–H groups in total. The summed E-state index contributed by atoms with van der Waals surface area (Å²) >= 11 is 0. The molecule has 2 fully saturated rings. The molecule has 2 heterocycles. The smallest absolute Gasteiger partial charge is 0.158 e. The number of likely N-dealkylation sites (N-methyl/N-ethyl adjacent to an activating group) is 1. The minimum Gasteiger partial charge on any atom is -0.457 e. The first-order valence-electron chi connectivity index (χ1n) is 14.3. The summed E-state index contributed by atoms with van der Waals surface area (Å²) in [4.78, 5) is 24.5. The van der Waals surface area contributed by atoms with E-state index in [4.69, 9.17) is 15.5 Å². The zero-order valence-corrected chi connectivity index (χ0v) is 23.3. The Bertz CT molecular complexity index is 1520. The SMILES string of the molecule is Cc1c(-c2ccc(Oc3ccccc3)cc2)c2c(N)ncnc2n1[C@@H]1CCCC(C(=O)/C=C/CN(C)C2CC2)C1. The summed E-state index contributed by atoms with van der Waals surface area (Å²) in [6, 6.07) is 18.7. The lowest BCUT2D eigenvalue weighted by atomic mass is 9.82. The Balaban J connectivity index is 1.27. The van der Waals surface area contributed by atoms with Crippen LogP contribution in [0.3, 0.4) is 0 Å². The summed E-state index contributed by atoms with van der Waals surface area (Å²) in [6.45, 7) is 2.96. The Morgan fingerprint density at radius 1 is 1.05 bits per heavy atom. The van der Waals surface area contributed by atoms with Gasteiger partial charge in [0.1, 0.15) is 29.3 Å². The van der Waals surface area contributed by atoms with E-state index in [1.807, 2.05) is 54.6 Å². The van der Waals surface area contributed by atoms with Gasteiger partial charge in [0.15, 0.2) is 5.78 Å². The van der Waals surface area contributed by atoms with E-state index < -0.39 is 0 Å². The molecule has 1 unspecified atom stereocenters. The second-order valence-electron chi connectivity index (χ2n) is 11.2. The van der Waals surface area contributed by atoms with Crippen molar-refractivity contribution >= 4 is 22.6 Å². The molecule has 2 aromatic carbocycles. The van der Waals surface area contributed by atoms with Crippen LogP contribution in [0.2, 0.25) is 0 Å². The fraction of sp³-hybridized carbons (Fsp3) is 0.364. The third kappa shape index (κ3) is 5.39. The Morgan fingerprint density at radius 3 is 2.55 bits per heavy atom. The van der Waals surface area contributed by atoms with Crippen molar-refractivity contribution in [2.24, 2.45) is 5.92 Å². The summed E-state index contributed by atoms with van der Waals surface area (Å²) in [6.07, 6.45) is 11.7. The second kappa shape index (κ2) is 11.3. The van der Waals surface area contributed by atoms with Gasteiger partial charge >= 0.3 is 0 Å². The molecule has 0 aliphatic heterocycles. The first-order chi connectivity index (χ1) is 19.5. The Hall–Kier alpha value is -3.97. The number of para-hydroxylation sites is 1. The minimum absolute atomic E-state index is 0.0233. The predicted molar refractivity (Wildman–Crippen MR) is 159 cm³/mol. The number of carbonyl (C=O) groups excluding carboxylic acids is 1. The molecule has 2 saturated carbocycles. The lowest BCUT2D eigenvalue weighted by Gasteiger charge is -2.30. The Labute approximate surface area is 235 Å². The molecule has 0 spiro atoms. The van der Waals surface area contributed by atoms with E-state index in [0.717, 1.165) is 71.6 Å². The van der Waals surface area contributed by atoms with Crippen LogP contribution < -0.4 is 10.5 Å². The number of aromatic nitrogens is 3. The zero-order chi connectivity index (χ0) is 27.6. The van der Waals surface area contributed by atoms with Gasteiger partial charge in [0.25, 0.3) is 0 Å². The molecule has 0 amide bonds. The standard InChI is InChI=1S/C33H37N5O2/c1-22-30(23-13-17-28(18-14-23)40-27-10-4-3-5-11-27)31-32(34)35-21-36-33(31)38(22)26-9-6-8-24(20-26)29(39)12-7-19-37(2)25-15-16-25/h3-5,7,10-14,17-18,21,24-26H,6,8-9,15-16,19-20H2,1-2H3,(H2,34,35,36)/b12-7+/t24?,26-/m1/s1. The molecule has 0 radical (unpaired) electrons. The van der Waals surface area contributed by atoms with Crippen LogP contribution in [0.25, 0.3) is 22.2 Å². The van der Waals surface area contributed by atoms with Crippen molar-refractivity contribution in [1.82, 2.24) is 19.4 Å². The van der Waals surface area contributed by atoms with E-state index in [1.165, 1.54) is 12.8 Å². The van der Waals surface area contributed by atoms with Crippen LogP contribution in [-0.4, -0.2) is 44.9 Å². The first kappa shape index (κ1) is 26.3. The van der Waals surface area contributed by atoms with Gasteiger partial charge in [-0.15, -0.1) is 0 Å². The molecule has 0 bridgehead atoms. The quantitative estimate of drug-likeness (QED) is 0.239. The number of ether oxygens (including phenoxy) is 1. The van der Waals surface area contributed by atoms with Crippen LogP contribution in [0.15, 0.2) is 73.1 Å². The highest BCUT2D eigenvalue weighted by atomic mass is 16.5. The summed E-state index contributed by atoms with van der Waals surface area (Å²) in [5.41, 5.74) is 10.5. The molecular weight excluding hydrogens is 498 g/mol. The summed E-state index contributed by atoms with van der Waals surface area (Å²) in [7, 11) is 2.14. The maximum atomic E-state index is 13.2. The van der Waals surface area contributed by atoms with Crippen LogP contribution in [0.5, 0.6) is 11.5 Å². The lowest BCUT2D eigenvalue weighted by Crippen LogP contribution is -2.25. The van der Waals surface area contributed by atoms with Gasteiger partial charge in [0, 0.05) is 35.8 Å². The van der Waals surface area contributed by atoms with Gasteiger partial charge in [-0.05, 0) is 82.0 Å². The van der Waals surface area contributed by atoms with E-state index in [1.54, 1.807) is 6.33 Å². The summed E-state index contributed by atoms with van der Waals surface area (Å²) in [5, 5.41) is 0.869. The number of fused-ring (bicyclic) bond motifs is 1. The van der Waals surface area contributed by atoms with Crippen LogP contribution in [0.4, 0.5) is 5.82 Å². The van der Waals surface area contributed by atoms with Crippen molar-refractivity contribution in [3.8, 4) is 22.6 Å². The lowest BCUT2D eigenvalue weighted by molar-refractivity contribution is -0.119. The number of rotatable bonds is 9. The van der Waals surface area contributed by atoms with Crippen molar-refractivity contribution in [3.05, 3.63) is 78.8 Å². The van der Waals surface area contributed by atoms with E-state index in [0.29, 0.717) is 11.9 Å². The molecule has 2 aromatic heterocycles. The molecule has 0 saturated heterocycles. The van der Waals surface area contributed by atoms with Crippen molar-refractivity contribution < 1.29 is 9.53 Å². The van der Waals surface area contributed by atoms with Crippen LogP contribution in [0.1, 0.15) is 50.3 Å². The molecule has 6 rings (SSSR count). The Kier molecular flexibility index (Phi) is 7.39. The number of nitrogens with zero attached hydrogens (tertiary/aromatic N) is 4. The number of benzene rings is 2. The second-order valence-corrected chi connectivity index (χ2v) is 11.2. The normalized spacial score (nSPS) is 19.5. The van der Waals surface area contributed by atoms with E-state index in [2.05, 4.69) is 40.6 Å². The van der Waals surface area contributed by atoms with Gasteiger partial charge in [-0.2, -0.15) is 0 Å². The van der Waals surface area contributed by atoms with Crippen molar-refractivity contribution in [3.63, 3.8) is 0 Å². The predicted octanol–water partition coefficient (Wildman–Crippen LogP) is 6.73. The van der Waals surface area contributed by atoms with Crippen LogP contribution >= 0.6 is 0 Å². The largest absolute Gasteiger partial charge is 0.457 e. The average Bonchev–Trinajstić information content (AvgIpc) is 3.78. The molecular formula is C33H37N5O2. The van der Waals surface area contributed by atoms with Gasteiger partial charge in [0.2, 0.25) is 0 Å². The first-order valence-corrected chi connectivity index (χ1v) is 14.3. The fourth-order valence-electron chi connectivity index (χ4n) is 6.18. The van der Waals surface area contributed by atoms with Gasteiger partial charge < -0.3 is 15.0 Å². The molecule has 7 heteroatoms. The average molecular weight is 536 g/mol. The third-order valence-electron chi connectivity index (χ3n) is 8.44. The molecule has 40 heavy (non-hydrogen) atoms. The van der Waals surface area contributed by atoms with Crippen molar-refractivity contribution in [2.45, 2.75) is 57.5 Å². The van der Waals surface area contributed by atoms with E-state index >= 15 is 0 Å². The van der Waals surface area contributed by atoms with E-state index in [-0.39, 0.29) is 17.7 Å². The topological polar surface area (TPSA) is 86.3 Å². The third-order valence-corrected chi connectivity index (χ3v) is 8.44. The maximum absolute atomic E-state index is 13.2. The highest BCUT2D eigenvalue weighted by molar-refractivity contribution is 6.02. The Morgan fingerprint density at radius 2 is 1.80 bits per heavy atom. The minimum atomic E-state index is 0.0233. The molecule has 2 aliphatic carbocycles. The number of hydrogen-bond acceptors (Lipinski definition) is 6. The summed E-state index contributed by atoms with van der Waals surface area (Å²) < 4.78 is 8.31. The number of allylic oxidation sites excluding steroid dienone is 1. The van der Waals surface area contributed by atoms with Gasteiger partial charge in [0.05, 0.1) is 5.39 Å². The number of nitrogen functional groups attached to an aromatic ring is 1. The zero-order valence-electron chi connectivity index (χ0n) is 23.3. The maximum Gasteiger partial charge on any atom is 0.158 e. The number of nitrogens with two attached hydrogens (primary N) is 1. The number of carbonyl (C=O) groups is 1. The fourth-order valence-corrected chi connectivity index (χ4v) is 6.18. The van der Waals surface area contributed by atoms with Gasteiger partial charge in [-0.1, -0.05) is 42.8 Å². The highest BCUT2D eigenvalue weighted by Crippen LogP contribution is 2.43. The molecule has 4 aromatic rings. The highest BCUT2D eigenvalue weighted by Gasteiger charge is 2.31. The molecule has 7 nitrogen and oxygen atoms in total. The van der Waals surface area contributed by atoms with Crippen molar-refractivity contribution in [1.29, 1.82) is 0 Å². The van der Waals surface area contributed by atoms with Crippen LogP contribution in [-0.2, 0) is 4.79 Å². The number of hydrogen-bond donors (Lipinski definition) is 1. The van der Waals surface area contributed by atoms with E-state index in [9.17, 15) is 4.79 Å². The van der Waals surface area contributed by atoms with Gasteiger partial charge in [-0.3, -0.25) is 9.69 Å². The number of anilines is 1. The molecule has 206 valence electrons.